The van der Waals surface area contributed by atoms with Gasteiger partial charge in [-0.15, -0.1) is 0 Å². The quantitative estimate of drug-likeness (QED) is 0.697. The summed E-state index contributed by atoms with van der Waals surface area (Å²) in [5.41, 5.74) is -1.06. The minimum atomic E-state index is -0.573. The zero-order chi connectivity index (χ0) is 9.41. The lowest BCUT2D eigenvalue weighted by Crippen LogP contribution is -2.39. The molecule has 0 radical (unpaired) electrons. The van der Waals surface area contributed by atoms with Crippen LogP contribution < -0.4 is 0 Å². The topological polar surface area (TPSA) is 72.0 Å². The number of hydrogen-bond acceptors (Lipinski definition) is 2. The predicted octanol–water partition coefficient (Wildman–Crippen LogP) is 0.987. The molecule has 0 saturated heterocycles. The van der Waals surface area contributed by atoms with E-state index in [-0.39, 0.29) is 19.0 Å². The Bertz CT molecular complexity index is 153. The number of rotatable bonds is 1. The van der Waals surface area contributed by atoms with Crippen LogP contribution in [0.15, 0.2) is 0 Å². The van der Waals surface area contributed by atoms with Gasteiger partial charge in [0.1, 0.15) is 0 Å². The largest absolute Gasteiger partial charge is 0.412 e. The highest BCUT2D eigenvalue weighted by Crippen LogP contribution is 2.36. The van der Waals surface area contributed by atoms with Gasteiger partial charge in [-0.05, 0) is 52.4 Å². The summed E-state index contributed by atoms with van der Waals surface area (Å²) in [6.45, 7) is 5.60. The Balaban J connectivity index is 0. The molecule has 0 aromatic heterocycles. The summed E-state index contributed by atoms with van der Waals surface area (Å²) in [5.74, 6) is 0.359. The lowest BCUT2D eigenvalue weighted by atomic mass is 9.73. The molecule has 14 heavy (non-hydrogen) atoms. The molecule has 88 valence electrons. The van der Waals surface area contributed by atoms with Crippen LogP contribution in [0.1, 0.15) is 46.5 Å². The molecular formula is C10H24O3S. The first-order valence-corrected chi connectivity index (χ1v) is 4.76. The van der Waals surface area contributed by atoms with Crippen molar-refractivity contribution in [2.24, 2.45) is 5.92 Å². The van der Waals surface area contributed by atoms with Crippen LogP contribution in [0.3, 0.4) is 0 Å². The van der Waals surface area contributed by atoms with Crippen molar-refractivity contribution in [3.63, 3.8) is 0 Å². The molecule has 0 unspecified atom stereocenters. The maximum absolute atomic E-state index is 9.73. The molecule has 1 aliphatic rings. The molecule has 1 rings (SSSR count). The van der Waals surface area contributed by atoms with Gasteiger partial charge in [-0.1, -0.05) is 0 Å². The standard InChI is InChI=1S/C10H20O2.H2O.H2S/c1-9(2,11)8-4-6-10(3,12)7-5-8;;/h8,11-12H,4-7H2,1-3H3;2*1H2. The molecule has 0 aromatic carbocycles. The predicted molar refractivity (Wildman–Crippen MR) is 62.9 cm³/mol. The molecule has 0 bridgehead atoms. The second-order valence-corrected chi connectivity index (χ2v) is 4.92. The van der Waals surface area contributed by atoms with E-state index in [2.05, 4.69) is 0 Å². The SMILES string of the molecule is CC1(O)CCC(C(C)(C)O)CC1.O.S. The maximum Gasteiger partial charge on any atom is 0.0620 e. The first-order valence-electron chi connectivity index (χ1n) is 4.76. The lowest BCUT2D eigenvalue weighted by Gasteiger charge is -2.38. The normalized spacial score (nSPS) is 32.8. The molecule has 1 fully saturated rings. The molecule has 0 spiro atoms. The van der Waals surface area contributed by atoms with E-state index in [9.17, 15) is 10.2 Å². The van der Waals surface area contributed by atoms with E-state index in [0.29, 0.717) is 5.92 Å². The molecule has 1 aliphatic carbocycles. The fraction of sp³-hybridized carbons (Fsp3) is 1.00. The van der Waals surface area contributed by atoms with Gasteiger partial charge in [0.15, 0.2) is 0 Å². The van der Waals surface area contributed by atoms with Gasteiger partial charge < -0.3 is 15.7 Å². The molecule has 1 saturated carbocycles. The van der Waals surface area contributed by atoms with Crippen molar-refractivity contribution in [3.05, 3.63) is 0 Å². The van der Waals surface area contributed by atoms with Crippen LogP contribution in [0.5, 0.6) is 0 Å². The Hall–Kier alpha value is 0.230. The van der Waals surface area contributed by atoms with Gasteiger partial charge in [-0.2, -0.15) is 13.5 Å². The van der Waals surface area contributed by atoms with Crippen LogP contribution in [-0.2, 0) is 0 Å². The smallest absolute Gasteiger partial charge is 0.0620 e. The fourth-order valence-electron chi connectivity index (χ4n) is 1.95. The van der Waals surface area contributed by atoms with E-state index < -0.39 is 11.2 Å². The van der Waals surface area contributed by atoms with Crippen LogP contribution >= 0.6 is 13.5 Å². The van der Waals surface area contributed by atoms with Crippen LogP contribution in [-0.4, -0.2) is 26.9 Å². The van der Waals surface area contributed by atoms with Crippen molar-refractivity contribution in [2.45, 2.75) is 57.7 Å². The fourth-order valence-corrected chi connectivity index (χ4v) is 1.95. The molecule has 0 heterocycles. The van der Waals surface area contributed by atoms with Crippen molar-refractivity contribution < 1.29 is 15.7 Å². The van der Waals surface area contributed by atoms with E-state index in [4.69, 9.17) is 0 Å². The van der Waals surface area contributed by atoms with E-state index >= 15 is 0 Å². The highest BCUT2D eigenvalue weighted by Gasteiger charge is 2.35. The average molecular weight is 224 g/mol. The van der Waals surface area contributed by atoms with E-state index in [1.165, 1.54) is 0 Å². The molecule has 0 aliphatic heterocycles. The summed E-state index contributed by atoms with van der Waals surface area (Å²) in [6, 6.07) is 0. The summed E-state index contributed by atoms with van der Waals surface area (Å²) in [5, 5.41) is 19.4. The zero-order valence-corrected chi connectivity index (χ0v) is 10.3. The van der Waals surface area contributed by atoms with Gasteiger partial charge in [0, 0.05) is 0 Å². The Morgan fingerprint density at radius 3 is 1.86 bits per heavy atom. The van der Waals surface area contributed by atoms with Gasteiger partial charge in [-0.25, -0.2) is 0 Å². The Morgan fingerprint density at radius 1 is 1.21 bits per heavy atom. The third kappa shape index (κ3) is 4.64. The summed E-state index contributed by atoms with van der Waals surface area (Å²) in [6.07, 6.45) is 3.52. The monoisotopic (exact) mass is 224 g/mol. The summed E-state index contributed by atoms with van der Waals surface area (Å²) in [4.78, 5) is 0. The second-order valence-electron chi connectivity index (χ2n) is 4.92. The molecule has 4 heteroatoms. The first kappa shape index (κ1) is 16.7. The van der Waals surface area contributed by atoms with Crippen molar-refractivity contribution in [2.75, 3.05) is 0 Å². The minimum Gasteiger partial charge on any atom is -0.412 e. The molecular weight excluding hydrogens is 200 g/mol. The third-order valence-corrected chi connectivity index (χ3v) is 3.06. The van der Waals surface area contributed by atoms with Crippen molar-refractivity contribution >= 4 is 13.5 Å². The lowest BCUT2D eigenvalue weighted by molar-refractivity contribution is -0.0509. The van der Waals surface area contributed by atoms with E-state index in [0.717, 1.165) is 25.7 Å². The number of aliphatic hydroxyl groups is 2. The van der Waals surface area contributed by atoms with Crippen molar-refractivity contribution in [3.8, 4) is 0 Å². The molecule has 4 N–H and O–H groups in total. The van der Waals surface area contributed by atoms with Gasteiger partial charge in [0.2, 0.25) is 0 Å². The van der Waals surface area contributed by atoms with Gasteiger partial charge in [0.05, 0.1) is 11.2 Å². The number of hydrogen-bond donors (Lipinski definition) is 2. The van der Waals surface area contributed by atoms with Crippen LogP contribution in [0.4, 0.5) is 0 Å². The molecule has 0 amide bonds. The molecule has 0 aromatic rings. The summed E-state index contributed by atoms with van der Waals surface area (Å²) in [7, 11) is 0. The zero-order valence-electron chi connectivity index (χ0n) is 9.30. The highest BCUT2D eigenvalue weighted by molar-refractivity contribution is 7.59. The molecule has 0 atom stereocenters. The first-order chi connectivity index (χ1) is 5.31. The highest BCUT2D eigenvalue weighted by atomic mass is 32.1. The van der Waals surface area contributed by atoms with Gasteiger partial charge in [-0.3, -0.25) is 0 Å². The van der Waals surface area contributed by atoms with E-state index in [1.807, 2.05) is 20.8 Å². The second kappa shape index (κ2) is 5.35. The molecule has 3 nitrogen and oxygen atoms in total. The average Bonchev–Trinajstić information content (AvgIpc) is 1.83. The van der Waals surface area contributed by atoms with Gasteiger partial charge >= 0.3 is 0 Å². The maximum atomic E-state index is 9.73. The van der Waals surface area contributed by atoms with Crippen molar-refractivity contribution in [1.29, 1.82) is 0 Å². The van der Waals surface area contributed by atoms with Gasteiger partial charge in [0.25, 0.3) is 0 Å². The summed E-state index contributed by atoms with van der Waals surface area (Å²) < 4.78 is 0. The van der Waals surface area contributed by atoms with Crippen LogP contribution in [0, 0.1) is 5.92 Å². The van der Waals surface area contributed by atoms with E-state index in [1.54, 1.807) is 0 Å². The summed E-state index contributed by atoms with van der Waals surface area (Å²) >= 11 is 0. The Morgan fingerprint density at radius 2 is 1.57 bits per heavy atom. The van der Waals surface area contributed by atoms with Crippen LogP contribution in [0.25, 0.3) is 0 Å². The minimum absolute atomic E-state index is 0. The third-order valence-electron chi connectivity index (χ3n) is 3.06. The van der Waals surface area contributed by atoms with Crippen LogP contribution in [0.2, 0.25) is 0 Å². The Kier molecular flexibility index (Phi) is 6.36. The van der Waals surface area contributed by atoms with Crippen molar-refractivity contribution in [1.82, 2.24) is 0 Å². The Labute approximate surface area is 93.3 Å².